The minimum atomic E-state index is 1.05. The maximum atomic E-state index is 2.45. The van der Waals surface area contributed by atoms with E-state index in [1.54, 1.807) is 12.8 Å². The molecule has 2 aliphatic rings. The molecule has 0 heteroatoms. The zero-order chi connectivity index (χ0) is 6.97. The highest BCUT2D eigenvalue weighted by atomic mass is 14.4. The fourth-order valence-electron chi connectivity index (χ4n) is 2.85. The van der Waals surface area contributed by atoms with E-state index >= 15 is 0 Å². The Morgan fingerprint density at radius 1 is 1.00 bits per heavy atom. The summed E-state index contributed by atoms with van der Waals surface area (Å²) in [6.45, 7) is 2.45. The molecule has 0 aliphatic heterocycles. The number of rotatable bonds is 0. The van der Waals surface area contributed by atoms with Gasteiger partial charge in [0.25, 0.3) is 0 Å². The Kier molecular flexibility index (Phi) is 1.71. The van der Waals surface area contributed by atoms with Crippen LogP contribution in [0.3, 0.4) is 0 Å². The maximum Gasteiger partial charge on any atom is -0.0386 e. The van der Waals surface area contributed by atoms with Crippen LogP contribution in [0.2, 0.25) is 0 Å². The number of hydrogen-bond donors (Lipinski definition) is 0. The van der Waals surface area contributed by atoms with Crippen LogP contribution in [0, 0.1) is 17.8 Å². The van der Waals surface area contributed by atoms with Crippen LogP contribution in [0.4, 0.5) is 0 Å². The molecular formula is C10H18. The first-order valence-electron chi connectivity index (χ1n) is 4.86. The Balaban J connectivity index is 2.00. The van der Waals surface area contributed by atoms with Gasteiger partial charge in [-0.05, 0) is 24.2 Å². The van der Waals surface area contributed by atoms with E-state index in [9.17, 15) is 0 Å². The minimum absolute atomic E-state index is 1.05. The summed E-state index contributed by atoms with van der Waals surface area (Å²) in [7, 11) is 0. The van der Waals surface area contributed by atoms with Gasteiger partial charge in [-0.2, -0.15) is 0 Å². The molecule has 2 aliphatic carbocycles. The van der Waals surface area contributed by atoms with Crippen molar-refractivity contribution < 1.29 is 0 Å². The van der Waals surface area contributed by atoms with Crippen LogP contribution >= 0.6 is 0 Å². The quantitative estimate of drug-likeness (QED) is 0.482. The summed E-state index contributed by atoms with van der Waals surface area (Å²) in [5.41, 5.74) is 0. The normalized spacial score (nSPS) is 47.1. The predicted octanol–water partition coefficient (Wildman–Crippen LogP) is 3.22. The zero-order valence-corrected chi connectivity index (χ0v) is 6.97. The first-order chi connectivity index (χ1) is 4.86. The standard InChI is InChI=1S/C10H18/c1-8-5-6-9-3-2-4-10(8)7-9/h8-10H,2-7H2,1H3/t8-,9-,10?/m0/s1. The summed E-state index contributed by atoms with van der Waals surface area (Å²) in [5.74, 6) is 3.30. The van der Waals surface area contributed by atoms with E-state index in [2.05, 4.69) is 6.92 Å². The molecule has 0 aromatic carbocycles. The SMILES string of the molecule is C[C@H]1CC[C@@H]2CCCC1C2. The molecule has 2 rings (SSSR count). The van der Waals surface area contributed by atoms with Gasteiger partial charge in [-0.3, -0.25) is 0 Å². The third-order valence-electron chi connectivity index (χ3n) is 3.66. The summed E-state index contributed by atoms with van der Waals surface area (Å²) >= 11 is 0. The lowest BCUT2D eigenvalue weighted by atomic mass is 9.67. The van der Waals surface area contributed by atoms with E-state index in [4.69, 9.17) is 0 Å². The van der Waals surface area contributed by atoms with Crippen LogP contribution in [0.25, 0.3) is 0 Å². The van der Waals surface area contributed by atoms with Gasteiger partial charge in [0, 0.05) is 0 Å². The number of hydrogen-bond acceptors (Lipinski definition) is 0. The molecule has 0 aromatic heterocycles. The molecule has 3 atom stereocenters. The Morgan fingerprint density at radius 2 is 1.90 bits per heavy atom. The van der Waals surface area contributed by atoms with Gasteiger partial charge in [0.2, 0.25) is 0 Å². The van der Waals surface area contributed by atoms with Crippen molar-refractivity contribution in [3.63, 3.8) is 0 Å². The summed E-state index contributed by atoms with van der Waals surface area (Å²) in [4.78, 5) is 0. The highest BCUT2D eigenvalue weighted by Gasteiger charge is 2.30. The first-order valence-corrected chi connectivity index (χ1v) is 4.86. The van der Waals surface area contributed by atoms with Gasteiger partial charge < -0.3 is 0 Å². The van der Waals surface area contributed by atoms with Crippen molar-refractivity contribution in [2.75, 3.05) is 0 Å². The number of fused-ring (bicyclic) bond motifs is 2. The van der Waals surface area contributed by atoms with Crippen LogP contribution in [-0.2, 0) is 0 Å². The lowest BCUT2D eigenvalue weighted by Crippen LogP contribution is -2.26. The monoisotopic (exact) mass is 138 g/mol. The largest absolute Gasteiger partial charge is 0.0622 e. The molecule has 0 amide bonds. The fourth-order valence-corrected chi connectivity index (χ4v) is 2.85. The van der Waals surface area contributed by atoms with Crippen LogP contribution in [-0.4, -0.2) is 0 Å². The maximum absolute atomic E-state index is 2.45. The lowest BCUT2D eigenvalue weighted by Gasteiger charge is -2.38. The molecule has 0 nitrogen and oxygen atoms in total. The summed E-state index contributed by atoms with van der Waals surface area (Å²) in [6, 6.07) is 0. The van der Waals surface area contributed by atoms with Crippen molar-refractivity contribution in [3.8, 4) is 0 Å². The first kappa shape index (κ1) is 6.69. The molecule has 2 bridgehead atoms. The second-order valence-electron chi connectivity index (χ2n) is 4.35. The third-order valence-corrected chi connectivity index (χ3v) is 3.66. The average molecular weight is 138 g/mol. The third kappa shape index (κ3) is 1.09. The van der Waals surface area contributed by atoms with Crippen LogP contribution in [0.1, 0.15) is 45.4 Å². The van der Waals surface area contributed by atoms with Crippen molar-refractivity contribution in [3.05, 3.63) is 0 Å². The van der Waals surface area contributed by atoms with Crippen molar-refractivity contribution in [2.45, 2.75) is 45.4 Å². The molecule has 0 saturated heterocycles. The van der Waals surface area contributed by atoms with Gasteiger partial charge in [-0.1, -0.05) is 39.0 Å². The predicted molar refractivity (Wildman–Crippen MR) is 43.8 cm³/mol. The van der Waals surface area contributed by atoms with E-state index in [-0.39, 0.29) is 0 Å². The molecule has 1 unspecified atom stereocenters. The van der Waals surface area contributed by atoms with E-state index in [0.717, 1.165) is 17.8 Å². The summed E-state index contributed by atoms with van der Waals surface area (Å²) in [6.07, 6.45) is 9.24. The second kappa shape index (κ2) is 2.56. The molecule has 10 heavy (non-hydrogen) atoms. The Morgan fingerprint density at radius 3 is 2.70 bits per heavy atom. The van der Waals surface area contributed by atoms with E-state index in [1.807, 2.05) is 0 Å². The highest BCUT2D eigenvalue weighted by Crippen LogP contribution is 2.42. The van der Waals surface area contributed by atoms with Crippen LogP contribution in [0.15, 0.2) is 0 Å². The van der Waals surface area contributed by atoms with Gasteiger partial charge in [0.1, 0.15) is 0 Å². The molecule has 0 heterocycles. The molecule has 0 N–H and O–H groups in total. The van der Waals surface area contributed by atoms with E-state index < -0.39 is 0 Å². The van der Waals surface area contributed by atoms with Crippen LogP contribution < -0.4 is 0 Å². The molecule has 2 fully saturated rings. The van der Waals surface area contributed by atoms with Crippen molar-refractivity contribution in [1.29, 1.82) is 0 Å². The van der Waals surface area contributed by atoms with Gasteiger partial charge in [-0.25, -0.2) is 0 Å². The molecule has 2 saturated carbocycles. The Labute approximate surface area is 64.0 Å². The Hall–Kier alpha value is 0. The molecule has 0 radical (unpaired) electrons. The molecule has 58 valence electrons. The average Bonchev–Trinajstić information content (AvgIpc) is 1.99. The van der Waals surface area contributed by atoms with E-state index in [0.29, 0.717) is 0 Å². The van der Waals surface area contributed by atoms with Crippen molar-refractivity contribution in [2.24, 2.45) is 17.8 Å². The highest BCUT2D eigenvalue weighted by molar-refractivity contribution is 4.81. The minimum Gasteiger partial charge on any atom is -0.0622 e. The topological polar surface area (TPSA) is 0 Å². The molecule has 0 aromatic rings. The van der Waals surface area contributed by atoms with Crippen LogP contribution in [0.5, 0.6) is 0 Å². The van der Waals surface area contributed by atoms with Crippen molar-refractivity contribution in [1.82, 2.24) is 0 Å². The van der Waals surface area contributed by atoms with Gasteiger partial charge in [0.15, 0.2) is 0 Å². The summed E-state index contributed by atoms with van der Waals surface area (Å²) in [5, 5.41) is 0. The fraction of sp³-hybridized carbons (Fsp3) is 1.00. The zero-order valence-electron chi connectivity index (χ0n) is 6.97. The van der Waals surface area contributed by atoms with E-state index in [1.165, 1.54) is 25.7 Å². The smallest absolute Gasteiger partial charge is 0.0386 e. The molecular weight excluding hydrogens is 120 g/mol. The second-order valence-corrected chi connectivity index (χ2v) is 4.35. The van der Waals surface area contributed by atoms with Gasteiger partial charge in [-0.15, -0.1) is 0 Å². The Bertz CT molecular complexity index is 115. The summed E-state index contributed by atoms with van der Waals surface area (Å²) < 4.78 is 0. The van der Waals surface area contributed by atoms with Gasteiger partial charge in [0.05, 0.1) is 0 Å². The van der Waals surface area contributed by atoms with Crippen molar-refractivity contribution >= 4 is 0 Å². The molecule has 0 spiro atoms. The van der Waals surface area contributed by atoms with Gasteiger partial charge >= 0.3 is 0 Å². The lowest BCUT2D eigenvalue weighted by molar-refractivity contribution is 0.133.